The van der Waals surface area contributed by atoms with Gasteiger partial charge in [0, 0.05) is 57.2 Å². The zero-order chi connectivity index (χ0) is 14.5. The van der Waals surface area contributed by atoms with E-state index in [0.717, 1.165) is 45.1 Å². The van der Waals surface area contributed by atoms with Gasteiger partial charge in [-0.2, -0.15) is 0 Å². The molecule has 0 fully saturated rings. The average molecular weight is 287 g/mol. The molecule has 0 amide bonds. The third-order valence-corrected chi connectivity index (χ3v) is 3.80. The van der Waals surface area contributed by atoms with E-state index in [1.165, 1.54) is 11.1 Å². The number of hydrogen-bond acceptors (Lipinski definition) is 5. The molecule has 5 nitrogen and oxygen atoms in total. The third-order valence-electron chi connectivity index (χ3n) is 3.80. The van der Waals surface area contributed by atoms with Crippen LogP contribution in [0.15, 0.2) is 41.3 Å². The van der Waals surface area contributed by atoms with Crippen molar-refractivity contribution in [2.75, 3.05) is 38.3 Å². The topological polar surface area (TPSA) is 41.7 Å². The van der Waals surface area contributed by atoms with Crippen molar-refractivity contribution in [2.24, 2.45) is 0 Å². The molecule has 0 spiro atoms. The van der Waals surface area contributed by atoms with E-state index in [4.69, 9.17) is 9.15 Å². The molecular weight excluding hydrogens is 266 g/mol. The highest BCUT2D eigenvalue weighted by Crippen LogP contribution is 2.23. The van der Waals surface area contributed by atoms with Crippen LogP contribution in [0.5, 0.6) is 0 Å². The van der Waals surface area contributed by atoms with Crippen molar-refractivity contribution in [1.29, 1.82) is 0 Å². The van der Waals surface area contributed by atoms with Gasteiger partial charge in [-0.1, -0.05) is 6.07 Å². The van der Waals surface area contributed by atoms with Crippen LogP contribution < -0.4 is 4.90 Å². The van der Waals surface area contributed by atoms with Crippen molar-refractivity contribution in [3.63, 3.8) is 0 Å². The van der Waals surface area contributed by atoms with Crippen molar-refractivity contribution in [2.45, 2.75) is 13.1 Å². The minimum Gasteiger partial charge on any atom is -0.472 e. The van der Waals surface area contributed by atoms with Gasteiger partial charge in [0.2, 0.25) is 0 Å². The number of ether oxygens (including phenoxy) is 1. The molecule has 0 aromatic carbocycles. The van der Waals surface area contributed by atoms with Crippen LogP contribution in [0.2, 0.25) is 0 Å². The fourth-order valence-corrected chi connectivity index (χ4v) is 2.72. The largest absolute Gasteiger partial charge is 0.472 e. The normalized spacial score (nSPS) is 15.8. The molecule has 2 aromatic heterocycles. The lowest BCUT2D eigenvalue weighted by Crippen LogP contribution is -2.33. The van der Waals surface area contributed by atoms with Gasteiger partial charge in [-0.25, -0.2) is 4.98 Å². The predicted molar refractivity (Wildman–Crippen MR) is 81.1 cm³/mol. The van der Waals surface area contributed by atoms with E-state index in [9.17, 15) is 0 Å². The Labute approximate surface area is 125 Å². The summed E-state index contributed by atoms with van der Waals surface area (Å²) in [6, 6.07) is 6.20. The summed E-state index contributed by atoms with van der Waals surface area (Å²) in [5.41, 5.74) is 2.49. The maximum Gasteiger partial charge on any atom is 0.133 e. The minimum absolute atomic E-state index is 0.720. The Kier molecular flexibility index (Phi) is 4.52. The molecule has 0 aliphatic carbocycles. The Morgan fingerprint density at radius 2 is 2.29 bits per heavy atom. The number of methoxy groups -OCH3 is 1. The maximum absolute atomic E-state index is 5.22. The van der Waals surface area contributed by atoms with Crippen LogP contribution in [0.4, 0.5) is 5.82 Å². The van der Waals surface area contributed by atoms with Crippen molar-refractivity contribution in [1.82, 2.24) is 9.88 Å². The first-order chi connectivity index (χ1) is 10.4. The van der Waals surface area contributed by atoms with E-state index in [1.54, 1.807) is 13.4 Å². The predicted octanol–water partition coefficient (Wildman–Crippen LogP) is 2.14. The second kappa shape index (κ2) is 6.74. The van der Waals surface area contributed by atoms with Crippen LogP contribution in [0.3, 0.4) is 0 Å². The van der Waals surface area contributed by atoms with Crippen molar-refractivity contribution in [3.8, 4) is 0 Å². The number of anilines is 1. The fraction of sp³-hybridized carbons (Fsp3) is 0.438. The van der Waals surface area contributed by atoms with E-state index < -0.39 is 0 Å². The lowest BCUT2D eigenvalue weighted by atomic mass is 10.2. The summed E-state index contributed by atoms with van der Waals surface area (Å²) in [5.74, 6) is 1.09. The molecule has 21 heavy (non-hydrogen) atoms. The van der Waals surface area contributed by atoms with Crippen molar-refractivity contribution >= 4 is 5.82 Å². The molecule has 112 valence electrons. The summed E-state index contributed by atoms with van der Waals surface area (Å²) in [7, 11) is 1.74. The summed E-state index contributed by atoms with van der Waals surface area (Å²) in [6.45, 7) is 5.38. The molecule has 0 saturated heterocycles. The lowest BCUT2D eigenvalue weighted by molar-refractivity contribution is 0.203. The van der Waals surface area contributed by atoms with Crippen molar-refractivity contribution < 1.29 is 9.15 Å². The van der Waals surface area contributed by atoms with Gasteiger partial charge in [-0.3, -0.25) is 4.90 Å². The van der Waals surface area contributed by atoms with Gasteiger partial charge in [-0.15, -0.1) is 0 Å². The number of pyridine rings is 1. The highest BCUT2D eigenvalue weighted by molar-refractivity contribution is 5.47. The first kappa shape index (κ1) is 14.1. The van der Waals surface area contributed by atoms with Gasteiger partial charge < -0.3 is 14.1 Å². The van der Waals surface area contributed by atoms with E-state index in [-0.39, 0.29) is 0 Å². The van der Waals surface area contributed by atoms with Gasteiger partial charge in [-0.05, 0) is 12.1 Å². The Bertz CT molecular complexity index is 556. The zero-order valence-corrected chi connectivity index (χ0v) is 12.4. The van der Waals surface area contributed by atoms with Crippen LogP contribution in [0, 0.1) is 0 Å². The number of aromatic nitrogens is 1. The summed E-state index contributed by atoms with van der Waals surface area (Å²) in [4.78, 5) is 9.31. The lowest BCUT2D eigenvalue weighted by Gasteiger charge is -2.23. The molecule has 3 heterocycles. The molecule has 0 unspecified atom stereocenters. The third kappa shape index (κ3) is 3.43. The van der Waals surface area contributed by atoms with Crippen LogP contribution in [-0.2, 0) is 17.8 Å². The number of rotatable bonds is 5. The molecule has 2 aromatic rings. The van der Waals surface area contributed by atoms with Crippen LogP contribution >= 0.6 is 0 Å². The van der Waals surface area contributed by atoms with Crippen LogP contribution in [0.25, 0.3) is 0 Å². The zero-order valence-electron chi connectivity index (χ0n) is 12.4. The standard InChI is InChI=1S/C16H21N3O2/c1-20-10-8-19-7-6-18(11-14-4-9-21-13-14)12-15-3-2-5-17-16(15)19/h2-5,9,13H,6-8,10-12H2,1H3. The van der Waals surface area contributed by atoms with Gasteiger partial charge in [0.25, 0.3) is 0 Å². The van der Waals surface area contributed by atoms with Gasteiger partial charge in [0.05, 0.1) is 19.1 Å². The SMILES string of the molecule is COCCN1CCN(Cc2ccoc2)Cc2cccnc21. The van der Waals surface area contributed by atoms with E-state index >= 15 is 0 Å². The Hall–Kier alpha value is -1.85. The van der Waals surface area contributed by atoms with E-state index in [2.05, 4.69) is 20.9 Å². The monoisotopic (exact) mass is 287 g/mol. The highest BCUT2D eigenvalue weighted by Gasteiger charge is 2.20. The van der Waals surface area contributed by atoms with E-state index in [0.29, 0.717) is 0 Å². The van der Waals surface area contributed by atoms with Gasteiger partial charge >= 0.3 is 0 Å². The summed E-state index contributed by atoms with van der Waals surface area (Å²) in [5, 5.41) is 0. The van der Waals surface area contributed by atoms with Crippen LogP contribution in [-0.4, -0.2) is 43.2 Å². The Balaban J connectivity index is 1.76. The summed E-state index contributed by atoms with van der Waals surface area (Å²) >= 11 is 0. The number of nitrogens with zero attached hydrogens (tertiary/aromatic N) is 3. The number of fused-ring (bicyclic) bond motifs is 1. The molecule has 0 radical (unpaired) electrons. The average Bonchev–Trinajstić information content (AvgIpc) is 2.94. The fourth-order valence-electron chi connectivity index (χ4n) is 2.72. The number of hydrogen-bond donors (Lipinski definition) is 0. The minimum atomic E-state index is 0.720. The van der Waals surface area contributed by atoms with Gasteiger partial charge in [0.1, 0.15) is 5.82 Å². The molecule has 0 N–H and O–H groups in total. The molecule has 0 atom stereocenters. The Morgan fingerprint density at radius 1 is 1.33 bits per heavy atom. The Morgan fingerprint density at radius 3 is 3.10 bits per heavy atom. The second-order valence-electron chi connectivity index (χ2n) is 5.31. The quantitative estimate of drug-likeness (QED) is 0.843. The number of furan rings is 1. The van der Waals surface area contributed by atoms with Gasteiger partial charge in [0.15, 0.2) is 0 Å². The van der Waals surface area contributed by atoms with E-state index in [1.807, 2.05) is 24.6 Å². The first-order valence-electron chi connectivity index (χ1n) is 7.28. The molecule has 1 aliphatic rings. The highest BCUT2D eigenvalue weighted by atomic mass is 16.5. The maximum atomic E-state index is 5.22. The second-order valence-corrected chi connectivity index (χ2v) is 5.31. The van der Waals surface area contributed by atoms with Crippen LogP contribution in [0.1, 0.15) is 11.1 Å². The molecular formula is C16H21N3O2. The first-order valence-corrected chi connectivity index (χ1v) is 7.28. The molecule has 0 saturated carbocycles. The molecule has 5 heteroatoms. The molecule has 1 aliphatic heterocycles. The molecule has 3 rings (SSSR count). The molecule has 0 bridgehead atoms. The van der Waals surface area contributed by atoms with Crippen molar-refractivity contribution in [3.05, 3.63) is 48.0 Å². The summed E-state index contributed by atoms with van der Waals surface area (Å²) < 4.78 is 10.4. The smallest absolute Gasteiger partial charge is 0.133 e. The summed E-state index contributed by atoms with van der Waals surface area (Å²) in [6.07, 6.45) is 5.41.